The lowest BCUT2D eigenvalue weighted by molar-refractivity contribution is -0.137. The van der Waals surface area contributed by atoms with Gasteiger partial charge in [-0.3, -0.25) is 4.72 Å². The Morgan fingerprint density at radius 3 is 2.50 bits per heavy atom. The fourth-order valence-corrected chi connectivity index (χ4v) is 3.49. The van der Waals surface area contributed by atoms with E-state index in [1.165, 1.54) is 19.2 Å². The highest BCUT2D eigenvalue weighted by Crippen LogP contribution is 2.34. The second kappa shape index (κ2) is 7.15. The van der Waals surface area contributed by atoms with Gasteiger partial charge in [-0.2, -0.15) is 18.2 Å². The van der Waals surface area contributed by atoms with E-state index < -0.39 is 26.7 Å². The molecule has 0 aliphatic heterocycles. The molecule has 7 nitrogen and oxygen atoms in total. The predicted octanol–water partition coefficient (Wildman–Crippen LogP) is 3.87. The van der Waals surface area contributed by atoms with Crippen LogP contribution in [0.1, 0.15) is 11.4 Å². The van der Waals surface area contributed by atoms with E-state index in [2.05, 4.69) is 14.9 Å². The van der Waals surface area contributed by atoms with Crippen LogP contribution in [0.4, 0.5) is 18.9 Å². The lowest BCUT2D eigenvalue weighted by atomic mass is 10.1. The highest BCUT2D eigenvalue weighted by Gasteiger charge is 2.32. The van der Waals surface area contributed by atoms with Crippen molar-refractivity contribution >= 4 is 15.7 Å². The van der Waals surface area contributed by atoms with Gasteiger partial charge in [0.25, 0.3) is 15.9 Å². The summed E-state index contributed by atoms with van der Waals surface area (Å²) in [5.74, 6) is 0.695. The Balaban J connectivity index is 2.05. The molecule has 0 aliphatic rings. The summed E-state index contributed by atoms with van der Waals surface area (Å²) in [6, 6.07) is 7.84. The first-order chi connectivity index (χ1) is 13.1. The molecular weight excluding hydrogens is 399 g/mol. The number of halogens is 3. The zero-order chi connectivity index (χ0) is 20.5. The molecule has 148 valence electrons. The van der Waals surface area contributed by atoms with Crippen LogP contribution in [0, 0.1) is 6.92 Å². The van der Waals surface area contributed by atoms with Crippen LogP contribution in [0.25, 0.3) is 11.5 Å². The third-order valence-electron chi connectivity index (χ3n) is 3.70. The molecule has 0 fully saturated rings. The Morgan fingerprint density at radius 1 is 1.14 bits per heavy atom. The molecule has 3 aromatic rings. The van der Waals surface area contributed by atoms with E-state index in [0.717, 1.165) is 18.2 Å². The first-order valence-corrected chi connectivity index (χ1v) is 9.27. The van der Waals surface area contributed by atoms with E-state index in [1.807, 2.05) is 0 Å². The SMILES string of the molecule is COc1ccc(-c2nc(C)no2)c(NS(=O)(=O)c2cccc(C(F)(F)F)c2)c1. The summed E-state index contributed by atoms with van der Waals surface area (Å²) in [5.41, 5.74) is -0.814. The Labute approximate surface area is 158 Å². The number of nitrogens with one attached hydrogen (secondary N) is 1. The van der Waals surface area contributed by atoms with Crippen molar-refractivity contribution in [3.63, 3.8) is 0 Å². The summed E-state index contributed by atoms with van der Waals surface area (Å²) in [7, 11) is -2.95. The number of methoxy groups -OCH3 is 1. The average molecular weight is 413 g/mol. The van der Waals surface area contributed by atoms with Gasteiger partial charge in [-0.25, -0.2) is 8.42 Å². The maximum Gasteiger partial charge on any atom is 0.416 e. The number of nitrogens with zero attached hydrogens (tertiary/aromatic N) is 2. The van der Waals surface area contributed by atoms with Crippen molar-refractivity contribution in [1.29, 1.82) is 0 Å². The largest absolute Gasteiger partial charge is 0.497 e. The third kappa shape index (κ3) is 4.09. The van der Waals surface area contributed by atoms with E-state index in [0.29, 0.717) is 17.6 Å². The molecule has 0 radical (unpaired) electrons. The number of anilines is 1. The second-order valence-corrected chi connectivity index (χ2v) is 7.37. The molecule has 0 amide bonds. The fraction of sp³-hybridized carbons (Fsp3) is 0.176. The van der Waals surface area contributed by atoms with Gasteiger partial charge in [0, 0.05) is 6.07 Å². The molecule has 28 heavy (non-hydrogen) atoms. The van der Waals surface area contributed by atoms with Crippen molar-refractivity contribution < 1.29 is 30.8 Å². The van der Waals surface area contributed by atoms with Crippen molar-refractivity contribution in [2.75, 3.05) is 11.8 Å². The van der Waals surface area contributed by atoms with Gasteiger partial charge >= 0.3 is 6.18 Å². The van der Waals surface area contributed by atoms with Crippen LogP contribution >= 0.6 is 0 Å². The highest BCUT2D eigenvalue weighted by molar-refractivity contribution is 7.92. The average Bonchev–Trinajstić information content (AvgIpc) is 3.07. The standard InChI is InChI=1S/C17H14F3N3O4S/c1-10-21-16(27-22-10)14-7-6-12(26-2)9-15(14)23-28(24,25)13-5-3-4-11(8-13)17(18,19)20/h3-9,23H,1-2H3. The van der Waals surface area contributed by atoms with E-state index in [9.17, 15) is 21.6 Å². The molecule has 0 unspecified atom stereocenters. The number of rotatable bonds is 5. The molecule has 0 spiro atoms. The van der Waals surface area contributed by atoms with Crippen molar-refractivity contribution in [1.82, 2.24) is 10.1 Å². The summed E-state index contributed by atoms with van der Waals surface area (Å²) < 4.78 is 76.5. The van der Waals surface area contributed by atoms with Crippen molar-refractivity contribution in [2.45, 2.75) is 18.0 Å². The minimum absolute atomic E-state index is 0.0143. The molecule has 11 heteroatoms. The minimum atomic E-state index is -4.67. The molecule has 1 N–H and O–H groups in total. The molecule has 0 saturated heterocycles. The van der Waals surface area contributed by atoms with Gasteiger partial charge in [-0.05, 0) is 37.3 Å². The fourth-order valence-electron chi connectivity index (χ4n) is 2.37. The number of hydrogen-bond donors (Lipinski definition) is 1. The lowest BCUT2D eigenvalue weighted by Gasteiger charge is -2.13. The number of hydrogen-bond acceptors (Lipinski definition) is 6. The smallest absolute Gasteiger partial charge is 0.416 e. The summed E-state index contributed by atoms with van der Waals surface area (Å²) in [5, 5.41) is 3.65. The Morgan fingerprint density at radius 2 is 1.89 bits per heavy atom. The van der Waals surface area contributed by atoms with Gasteiger partial charge in [0.2, 0.25) is 0 Å². The molecule has 1 aromatic heterocycles. The summed E-state index contributed by atoms with van der Waals surface area (Å²) in [4.78, 5) is 3.50. The first kappa shape index (κ1) is 19.7. The van der Waals surface area contributed by atoms with Gasteiger partial charge in [-0.15, -0.1) is 0 Å². The number of alkyl halides is 3. The van der Waals surface area contributed by atoms with Crippen molar-refractivity contribution in [3.8, 4) is 17.2 Å². The zero-order valence-corrected chi connectivity index (χ0v) is 15.4. The number of ether oxygens (including phenoxy) is 1. The number of aryl methyl sites for hydroxylation is 1. The highest BCUT2D eigenvalue weighted by atomic mass is 32.2. The van der Waals surface area contributed by atoms with Gasteiger partial charge in [0.1, 0.15) is 5.75 Å². The molecule has 0 aliphatic carbocycles. The van der Waals surface area contributed by atoms with E-state index in [-0.39, 0.29) is 17.1 Å². The first-order valence-electron chi connectivity index (χ1n) is 7.79. The van der Waals surface area contributed by atoms with Crippen LogP contribution in [0.15, 0.2) is 51.9 Å². The molecule has 2 aromatic carbocycles. The van der Waals surface area contributed by atoms with Gasteiger partial charge in [-0.1, -0.05) is 11.2 Å². The maximum absolute atomic E-state index is 12.9. The summed E-state index contributed by atoms with van der Waals surface area (Å²) in [6.07, 6.45) is -4.67. The maximum atomic E-state index is 12.9. The Kier molecular flexibility index (Phi) is 5.02. The van der Waals surface area contributed by atoms with Crippen LogP contribution in [-0.2, 0) is 16.2 Å². The van der Waals surface area contributed by atoms with Gasteiger partial charge < -0.3 is 9.26 Å². The molecule has 0 saturated carbocycles. The zero-order valence-electron chi connectivity index (χ0n) is 14.6. The van der Waals surface area contributed by atoms with Crippen molar-refractivity contribution in [2.24, 2.45) is 0 Å². The predicted molar refractivity (Wildman–Crippen MR) is 93.3 cm³/mol. The van der Waals surface area contributed by atoms with Gasteiger partial charge in [0.05, 0.1) is 28.8 Å². The quantitative estimate of drug-likeness (QED) is 0.682. The van der Waals surface area contributed by atoms with E-state index >= 15 is 0 Å². The summed E-state index contributed by atoms with van der Waals surface area (Å²) in [6.45, 7) is 1.59. The second-order valence-electron chi connectivity index (χ2n) is 5.69. The van der Waals surface area contributed by atoms with Crippen LogP contribution < -0.4 is 9.46 Å². The van der Waals surface area contributed by atoms with Crippen molar-refractivity contribution in [3.05, 3.63) is 53.9 Å². The molecule has 3 rings (SSSR count). The Bertz CT molecular complexity index is 1110. The molecule has 0 bridgehead atoms. The summed E-state index contributed by atoms with van der Waals surface area (Å²) >= 11 is 0. The lowest BCUT2D eigenvalue weighted by Crippen LogP contribution is -2.15. The molecular formula is C17H14F3N3O4S. The number of sulfonamides is 1. The van der Waals surface area contributed by atoms with E-state index in [4.69, 9.17) is 9.26 Å². The number of benzene rings is 2. The van der Waals surface area contributed by atoms with E-state index in [1.54, 1.807) is 13.0 Å². The normalized spacial score (nSPS) is 12.0. The Hall–Kier alpha value is -3.08. The molecule has 0 atom stereocenters. The van der Waals surface area contributed by atoms with Crippen LogP contribution in [0.5, 0.6) is 5.75 Å². The monoisotopic (exact) mass is 413 g/mol. The van der Waals surface area contributed by atoms with Gasteiger partial charge in [0.15, 0.2) is 5.82 Å². The van der Waals surface area contributed by atoms with Crippen LogP contribution in [-0.4, -0.2) is 25.7 Å². The number of aromatic nitrogens is 2. The molecule has 1 heterocycles. The minimum Gasteiger partial charge on any atom is -0.497 e. The topological polar surface area (TPSA) is 94.3 Å². The van der Waals surface area contributed by atoms with Crippen LogP contribution in [0.3, 0.4) is 0 Å². The third-order valence-corrected chi connectivity index (χ3v) is 5.06. The van der Waals surface area contributed by atoms with Crippen LogP contribution in [0.2, 0.25) is 0 Å².